The van der Waals surface area contributed by atoms with Crippen molar-refractivity contribution in [2.45, 2.75) is 25.4 Å². The molecule has 4 aromatic rings. The first kappa shape index (κ1) is 18.3. The molecule has 1 aromatic carbocycles. The molecular formula is C22H19N3O2S2. The smallest absolute Gasteiger partial charge is 0.225 e. The number of carbonyl (C=O) groups excluding carboxylic acids is 1. The zero-order valence-electron chi connectivity index (χ0n) is 15.7. The minimum atomic E-state index is -0.0954. The van der Waals surface area contributed by atoms with Crippen molar-refractivity contribution in [2.75, 3.05) is 6.54 Å². The van der Waals surface area contributed by atoms with Crippen LogP contribution >= 0.6 is 22.7 Å². The van der Waals surface area contributed by atoms with E-state index < -0.39 is 0 Å². The topological polar surface area (TPSA) is 55.2 Å². The third-order valence-corrected chi connectivity index (χ3v) is 7.32. The van der Waals surface area contributed by atoms with Crippen LogP contribution < -0.4 is 5.43 Å². The highest BCUT2D eigenvalue weighted by Gasteiger charge is 2.33. The fraction of sp³-hybridized carbons (Fsp3) is 0.227. The summed E-state index contributed by atoms with van der Waals surface area (Å²) in [5, 5.41) is 9.07. The minimum Gasteiger partial charge on any atom is -0.330 e. The van der Waals surface area contributed by atoms with E-state index in [2.05, 4.69) is 28.0 Å². The average Bonchev–Trinajstić information content (AvgIpc) is 3.44. The number of hydrogen-bond acceptors (Lipinski definition) is 5. The SMILES string of the molecule is O=C(CCn1ncc(=O)c2ccccc21)N1CCc2sccc2[C@@H]1c1cccs1. The Balaban J connectivity index is 1.41. The minimum absolute atomic E-state index is 0.00350. The molecule has 1 aliphatic heterocycles. The van der Waals surface area contributed by atoms with E-state index in [1.165, 1.54) is 21.5 Å². The molecule has 0 bridgehead atoms. The Kier molecular flexibility index (Phi) is 4.77. The molecular weight excluding hydrogens is 402 g/mol. The summed E-state index contributed by atoms with van der Waals surface area (Å²) >= 11 is 3.47. The van der Waals surface area contributed by atoms with Gasteiger partial charge in [-0.25, -0.2) is 0 Å². The maximum Gasteiger partial charge on any atom is 0.225 e. The van der Waals surface area contributed by atoms with E-state index in [1.54, 1.807) is 33.4 Å². The number of amides is 1. The number of hydrogen-bond donors (Lipinski definition) is 0. The average molecular weight is 422 g/mol. The fourth-order valence-electron chi connectivity index (χ4n) is 4.02. The van der Waals surface area contributed by atoms with Crippen molar-refractivity contribution in [3.05, 3.63) is 85.0 Å². The van der Waals surface area contributed by atoms with Crippen LogP contribution in [0.1, 0.15) is 27.8 Å². The zero-order chi connectivity index (χ0) is 19.8. The van der Waals surface area contributed by atoms with Crippen molar-refractivity contribution in [3.63, 3.8) is 0 Å². The summed E-state index contributed by atoms with van der Waals surface area (Å²) in [6.07, 6.45) is 2.58. The largest absolute Gasteiger partial charge is 0.330 e. The van der Waals surface area contributed by atoms with Gasteiger partial charge in [0.2, 0.25) is 11.3 Å². The van der Waals surface area contributed by atoms with Crippen LogP contribution in [-0.2, 0) is 17.8 Å². The van der Waals surface area contributed by atoms with Crippen LogP contribution in [0.25, 0.3) is 10.9 Å². The number of rotatable bonds is 4. The normalized spacial score (nSPS) is 16.1. The van der Waals surface area contributed by atoms with Gasteiger partial charge in [0.1, 0.15) is 0 Å². The molecule has 1 amide bonds. The number of fused-ring (bicyclic) bond motifs is 2. The van der Waals surface area contributed by atoms with Gasteiger partial charge in [-0.15, -0.1) is 22.7 Å². The molecule has 0 N–H and O–H groups in total. The number of thiophene rings is 2. The van der Waals surface area contributed by atoms with Crippen LogP contribution in [-0.4, -0.2) is 27.1 Å². The number of aryl methyl sites for hydroxylation is 1. The summed E-state index contributed by atoms with van der Waals surface area (Å²) in [5.74, 6) is 0.116. The van der Waals surface area contributed by atoms with Crippen molar-refractivity contribution in [1.29, 1.82) is 0 Å². The van der Waals surface area contributed by atoms with Gasteiger partial charge in [-0.05, 0) is 47.0 Å². The predicted octanol–water partition coefficient (Wildman–Crippen LogP) is 4.08. The van der Waals surface area contributed by atoms with Gasteiger partial charge in [0.05, 0.1) is 24.3 Å². The molecule has 5 nitrogen and oxygen atoms in total. The molecule has 5 rings (SSSR count). The highest BCUT2D eigenvalue weighted by molar-refractivity contribution is 7.10. The third kappa shape index (κ3) is 3.30. The third-order valence-electron chi connectivity index (χ3n) is 5.40. The quantitative estimate of drug-likeness (QED) is 0.499. The Labute approximate surface area is 175 Å². The second-order valence-corrected chi connectivity index (χ2v) is 9.03. The first-order chi connectivity index (χ1) is 14.2. The fourth-order valence-corrected chi connectivity index (χ4v) is 5.78. The molecule has 146 valence electrons. The molecule has 0 unspecified atom stereocenters. The van der Waals surface area contributed by atoms with E-state index in [4.69, 9.17) is 0 Å². The highest BCUT2D eigenvalue weighted by atomic mass is 32.1. The van der Waals surface area contributed by atoms with Gasteiger partial charge in [-0.3, -0.25) is 14.3 Å². The van der Waals surface area contributed by atoms with Crippen molar-refractivity contribution < 1.29 is 4.79 Å². The first-order valence-corrected chi connectivity index (χ1v) is 11.3. The number of aromatic nitrogens is 2. The van der Waals surface area contributed by atoms with Crippen LogP contribution in [0.15, 0.2) is 64.2 Å². The van der Waals surface area contributed by atoms with Crippen LogP contribution in [0, 0.1) is 0 Å². The molecule has 7 heteroatoms. The van der Waals surface area contributed by atoms with Crippen LogP contribution in [0.4, 0.5) is 0 Å². The van der Waals surface area contributed by atoms with Crippen LogP contribution in [0.2, 0.25) is 0 Å². The number of benzene rings is 1. The van der Waals surface area contributed by atoms with Gasteiger partial charge >= 0.3 is 0 Å². The second kappa shape index (κ2) is 7.57. The van der Waals surface area contributed by atoms with Gasteiger partial charge in [0.25, 0.3) is 0 Å². The monoisotopic (exact) mass is 421 g/mol. The Bertz CT molecular complexity index is 1230. The highest BCUT2D eigenvalue weighted by Crippen LogP contribution is 2.39. The standard InChI is InChI=1S/C22H19N3O2S2/c26-18-14-23-25(17-5-2-1-4-15(17)18)11-8-21(27)24-10-7-19-16(9-13-29-19)22(24)20-6-3-12-28-20/h1-6,9,12-14,22H,7-8,10-11H2/t22-/m1/s1. The van der Waals surface area contributed by atoms with Gasteiger partial charge in [0.15, 0.2) is 0 Å². The Hall–Kier alpha value is -2.77. The van der Waals surface area contributed by atoms with Crippen LogP contribution in [0.3, 0.4) is 0 Å². The number of para-hydroxylation sites is 1. The Morgan fingerprint density at radius 1 is 1.10 bits per heavy atom. The van der Waals surface area contributed by atoms with Crippen molar-refractivity contribution in [3.8, 4) is 0 Å². The van der Waals surface area contributed by atoms with Crippen molar-refractivity contribution in [2.24, 2.45) is 0 Å². The Morgan fingerprint density at radius 3 is 2.86 bits per heavy atom. The summed E-state index contributed by atoms with van der Waals surface area (Å²) in [6, 6.07) is 13.7. The molecule has 0 saturated carbocycles. The number of carbonyl (C=O) groups is 1. The van der Waals surface area contributed by atoms with Gasteiger partial charge in [0, 0.05) is 28.1 Å². The summed E-state index contributed by atoms with van der Waals surface area (Å²) in [7, 11) is 0. The van der Waals surface area contributed by atoms with Gasteiger partial charge in [-0.1, -0.05) is 18.2 Å². The van der Waals surface area contributed by atoms with E-state index in [0.717, 1.165) is 18.5 Å². The maximum absolute atomic E-state index is 13.2. The van der Waals surface area contributed by atoms with E-state index in [1.807, 2.05) is 29.2 Å². The maximum atomic E-state index is 13.2. The summed E-state index contributed by atoms with van der Waals surface area (Å²) in [5.41, 5.74) is 1.92. The molecule has 0 saturated heterocycles. The second-order valence-electron chi connectivity index (χ2n) is 7.05. The molecule has 1 atom stereocenters. The molecule has 0 radical (unpaired) electrons. The lowest BCUT2D eigenvalue weighted by atomic mass is 9.98. The van der Waals surface area contributed by atoms with E-state index >= 15 is 0 Å². The predicted molar refractivity (Wildman–Crippen MR) is 117 cm³/mol. The van der Waals surface area contributed by atoms with E-state index in [-0.39, 0.29) is 17.4 Å². The van der Waals surface area contributed by atoms with Crippen LogP contribution in [0.5, 0.6) is 0 Å². The number of nitrogens with zero attached hydrogens (tertiary/aromatic N) is 3. The zero-order valence-corrected chi connectivity index (χ0v) is 17.3. The summed E-state index contributed by atoms with van der Waals surface area (Å²) < 4.78 is 1.76. The van der Waals surface area contributed by atoms with Gasteiger partial charge in [-0.2, -0.15) is 5.10 Å². The lowest BCUT2D eigenvalue weighted by Crippen LogP contribution is -2.40. The molecule has 4 heterocycles. The molecule has 3 aromatic heterocycles. The molecule has 0 spiro atoms. The van der Waals surface area contributed by atoms with Crippen molar-refractivity contribution in [1.82, 2.24) is 14.7 Å². The van der Waals surface area contributed by atoms with Crippen molar-refractivity contribution >= 4 is 39.5 Å². The first-order valence-electron chi connectivity index (χ1n) is 9.56. The molecule has 1 aliphatic rings. The molecule has 29 heavy (non-hydrogen) atoms. The lowest BCUT2D eigenvalue weighted by Gasteiger charge is -2.35. The lowest BCUT2D eigenvalue weighted by molar-refractivity contribution is -0.133. The summed E-state index contributed by atoms with van der Waals surface area (Å²) in [6.45, 7) is 1.18. The van der Waals surface area contributed by atoms with E-state index in [0.29, 0.717) is 18.4 Å². The Morgan fingerprint density at radius 2 is 2.00 bits per heavy atom. The molecule has 0 aliphatic carbocycles. The van der Waals surface area contributed by atoms with E-state index in [9.17, 15) is 9.59 Å². The summed E-state index contributed by atoms with van der Waals surface area (Å²) in [4.78, 5) is 29.9. The molecule has 0 fully saturated rings. The van der Waals surface area contributed by atoms with Gasteiger partial charge < -0.3 is 4.90 Å².